The van der Waals surface area contributed by atoms with Crippen LogP contribution in [0.5, 0.6) is 0 Å². The number of hydrogen-bond donors (Lipinski definition) is 1. The van der Waals surface area contributed by atoms with Gasteiger partial charge in [0.25, 0.3) is 11.1 Å². The number of thioether (sulfide) groups is 1. The number of imide groups is 1. The highest BCUT2D eigenvalue weighted by Crippen LogP contribution is 2.22. The van der Waals surface area contributed by atoms with Crippen LogP contribution in [-0.4, -0.2) is 27.7 Å². The van der Waals surface area contributed by atoms with Gasteiger partial charge in [0.1, 0.15) is 11.6 Å². The number of hydrogen-bond acceptors (Lipinski definition) is 4. The van der Waals surface area contributed by atoms with Gasteiger partial charge in [0, 0.05) is 11.6 Å². The molecule has 1 aliphatic rings. The molecule has 0 radical (unpaired) electrons. The monoisotopic (exact) mass is 362 g/mol. The lowest BCUT2D eigenvalue weighted by Gasteiger charge is -2.13. The van der Waals surface area contributed by atoms with E-state index in [1.54, 1.807) is 12.1 Å². The van der Waals surface area contributed by atoms with Gasteiger partial charge in [-0.25, -0.2) is 8.78 Å². The fourth-order valence-corrected chi connectivity index (χ4v) is 3.04. The summed E-state index contributed by atoms with van der Waals surface area (Å²) in [5, 5.41) is 2.03. The molecular formula is C17H12F2N2O3S. The molecule has 0 aromatic heterocycles. The van der Waals surface area contributed by atoms with Gasteiger partial charge in [0.15, 0.2) is 0 Å². The summed E-state index contributed by atoms with van der Waals surface area (Å²) in [6.07, 6.45) is 0. The lowest BCUT2D eigenvalue weighted by molar-refractivity contribution is -0.125. The minimum atomic E-state index is -0.880. The molecule has 1 aliphatic heterocycles. The number of nitrogens with one attached hydrogen (secondary N) is 1. The van der Waals surface area contributed by atoms with Crippen molar-refractivity contribution >= 4 is 34.5 Å². The van der Waals surface area contributed by atoms with Crippen molar-refractivity contribution in [1.29, 1.82) is 0 Å². The summed E-state index contributed by atoms with van der Waals surface area (Å²) in [4.78, 5) is 36.6. The van der Waals surface area contributed by atoms with E-state index in [2.05, 4.69) is 5.32 Å². The van der Waals surface area contributed by atoms with E-state index in [0.717, 1.165) is 28.8 Å². The number of carbonyl (C=O) groups is 3. The Kier molecular flexibility index (Phi) is 4.80. The van der Waals surface area contributed by atoms with Crippen LogP contribution in [-0.2, 0) is 11.3 Å². The maximum Gasteiger partial charge on any atom is 0.289 e. The van der Waals surface area contributed by atoms with Crippen LogP contribution in [0.3, 0.4) is 0 Å². The molecule has 0 aliphatic carbocycles. The van der Waals surface area contributed by atoms with E-state index >= 15 is 0 Å². The molecule has 1 saturated heterocycles. The van der Waals surface area contributed by atoms with Crippen molar-refractivity contribution in [1.82, 2.24) is 4.90 Å². The van der Waals surface area contributed by atoms with Gasteiger partial charge in [-0.2, -0.15) is 0 Å². The first-order chi connectivity index (χ1) is 11.9. The van der Waals surface area contributed by atoms with E-state index in [4.69, 9.17) is 0 Å². The Morgan fingerprint density at radius 3 is 2.64 bits per heavy atom. The zero-order valence-electron chi connectivity index (χ0n) is 12.8. The molecule has 128 valence electrons. The highest BCUT2D eigenvalue weighted by atomic mass is 32.2. The van der Waals surface area contributed by atoms with Gasteiger partial charge >= 0.3 is 0 Å². The molecule has 3 rings (SSSR count). The quantitative estimate of drug-likeness (QED) is 0.905. The van der Waals surface area contributed by atoms with Gasteiger partial charge in [-0.05, 0) is 29.8 Å². The van der Waals surface area contributed by atoms with Gasteiger partial charge in [0.2, 0.25) is 5.91 Å². The third kappa shape index (κ3) is 3.85. The van der Waals surface area contributed by atoms with Crippen LogP contribution in [0.2, 0.25) is 0 Å². The first-order valence-electron chi connectivity index (χ1n) is 7.26. The highest BCUT2D eigenvalue weighted by molar-refractivity contribution is 8.14. The molecule has 0 unspecified atom stereocenters. The molecule has 3 amide bonds. The van der Waals surface area contributed by atoms with E-state index in [0.29, 0.717) is 11.6 Å². The summed E-state index contributed by atoms with van der Waals surface area (Å²) >= 11 is 0.934. The van der Waals surface area contributed by atoms with Gasteiger partial charge in [0.05, 0.1) is 18.0 Å². The summed E-state index contributed by atoms with van der Waals surface area (Å²) in [5.41, 5.74) is 0.683. The second kappa shape index (κ2) is 7.02. The minimum Gasteiger partial charge on any atom is -0.319 e. The van der Waals surface area contributed by atoms with Gasteiger partial charge in [-0.15, -0.1) is 0 Å². The summed E-state index contributed by atoms with van der Waals surface area (Å²) < 4.78 is 26.5. The summed E-state index contributed by atoms with van der Waals surface area (Å²) in [7, 11) is 0. The average molecular weight is 362 g/mol. The van der Waals surface area contributed by atoms with E-state index in [9.17, 15) is 23.2 Å². The summed E-state index contributed by atoms with van der Waals surface area (Å²) in [6.45, 7) is 0.0662. The second-order valence-electron chi connectivity index (χ2n) is 5.31. The fourth-order valence-electron chi connectivity index (χ4n) is 2.31. The molecule has 8 heteroatoms. The standard InChI is InChI=1S/C17H12F2N2O3S/c18-12-4-5-14(13(19)7-12)20-16(23)11-3-1-2-10(6-11)8-21-15(22)9-25-17(21)24/h1-7H,8-9H2,(H,20,23). The largest absolute Gasteiger partial charge is 0.319 e. The number of anilines is 1. The molecule has 0 bridgehead atoms. The SMILES string of the molecule is O=C(Nc1ccc(F)cc1F)c1cccc(CN2C(=O)CSC2=O)c1. The lowest BCUT2D eigenvalue weighted by atomic mass is 10.1. The van der Waals surface area contributed by atoms with E-state index in [-0.39, 0.29) is 34.7 Å². The van der Waals surface area contributed by atoms with Crippen LogP contribution in [0.1, 0.15) is 15.9 Å². The number of halogens is 2. The van der Waals surface area contributed by atoms with Crippen LogP contribution in [0.25, 0.3) is 0 Å². The molecule has 1 fully saturated rings. The van der Waals surface area contributed by atoms with Crippen LogP contribution in [0.15, 0.2) is 42.5 Å². The topological polar surface area (TPSA) is 66.5 Å². The Hall–Kier alpha value is -2.74. The number of rotatable bonds is 4. The van der Waals surface area contributed by atoms with Crippen molar-refractivity contribution in [3.63, 3.8) is 0 Å². The Labute approximate surface area is 146 Å². The molecule has 2 aromatic rings. The zero-order valence-corrected chi connectivity index (χ0v) is 13.6. The number of benzene rings is 2. The number of amides is 3. The Bertz CT molecular complexity index is 857. The van der Waals surface area contributed by atoms with Crippen molar-refractivity contribution in [2.24, 2.45) is 0 Å². The summed E-state index contributed by atoms with van der Waals surface area (Å²) in [6, 6.07) is 9.15. The molecule has 0 spiro atoms. The normalized spacial score (nSPS) is 14.1. The first-order valence-corrected chi connectivity index (χ1v) is 8.25. The molecule has 1 heterocycles. The van der Waals surface area contributed by atoms with Crippen LogP contribution >= 0.6 is 11.8 Å². The Morgan fingerprint density at radius 1 is 1.16 bits per heavy atom. The van der Waals surface area contributed by atoms with Gasteiger partial charge in [-0.1, -0.05) is 23.9 Å². The Balaban J connectivity index is 1.75. The third-order valence-electron chi connectivity index (χ3n) is 3.55. The van der Waals surface area contributed by atoms with E-state index < -0.39 is 17.5 Å². The predicted octanol–water partition coefficient (Wildman–Crippen LogP) is 3.41. The first kappa shape index (κ1) is 17.1. The molecule has 1 N–H and O–H groups in total. The van der Waals surface area contributed by atoms with Gasteiger partial charge in [-0.3, -0.25) is 19.3 Å². The molecule has 2 aromatic carbocycles. The van der Waals surface area contributed by atoms with Crippen LogP contribution in [0.4, 0.5) is 19.3 Å². The maximum atomic E-state index is 13.6. The zero-order chi connectivity index (χ0) is 18.0. The number of carbonyl (C=O) groups excluding carboxylic acids is 3. The molecule has 5 nitrogen and oxygen atoms in total. The van der Waals surface area contributed by atoms with Crippen molar-refractivity contribution < 1.29 is 23.2 Å². The highest BCUT2D eigenvalue weighted by Gasteiger charge is 2.29. The lowest BCUT2D eigenvalue weighted by Crippen LogP contribution is -2.28. The van der Waals surface area contributed by atoms with Crippen molar-refractivity contribution in [2.45, 2.75) is 6.54 Å². The van der Waals surface area contributed by atoms with Crippen LogP contribution in [0, 0.1) is 11.6 Å². The smallest absolute Gasteiger partial charge is 0.289 e. The van der Waals surface area contributed by atoms with Crippen LogP contribution < -0.4 is 5.32 Å². The van der Waals surface area contributed by atoms with E-state index in [1.807, 2.05) is 0 Å². The fraction of sp³-hybridized carbons (Fsp3) is 0.118. The molecule has 0 saturated carbocycles. The third-order valence-corrected chi connectivity index (χ3v) is 4.41. The van der Waals surface area contributed by atoms with Crippen molar-refractivity contribution in [3.8, 4) is 0 Å². The van der Waals surface area contributed by atoms with Gasteiger partial charge < -0.3 is 5.32 Å². The maximum absolute atomic E-state index is 13.6. The minimum absolute atomic E-state index is 0.0662. The van der Waals surface area contributed by atoms with Crippen molar-refractivity contribution in [3.05, 3.63) is 65.2 Å². The van der Waals surface area contributed by atoms with Crippen molar-refractivity contribution in [2.75, 3.05) is 11.1 Å². The second-order valence-corrected chi connectivity index (χ2v) is 6.24. The average Bonchev–Trinajstić information content (AvgIpc) is 2.89. The molecular weight excluding hydrogens is 350 g/mol. The summed E-state index contributed by atoms with van der Waals surface area (Å²) in [5.74, 6) is -2.37. The molecule has 25 heavy (non-hydrogen) atoms. The van der Waals surface area contributed by atoms with E-state index in [1.165, 1.54) is 12.1 Å². The molecule has 0 atom stereocenters. The number of nitrogens with zero attached hydrogens (tertiary/aromatic N) is 1. The predicted molar refractivity (Wildman–Crippen MR) is 89.2 cm³/mol. The Morgan fingerprint density at radius 2 is 1.96 bits per heavy atom.